The number of imidazole rings is 1. The highest BCUT2D eigenvalue weighted by Gasteiger charge is 2.18. The van der Waals surface area contributed by atoms with E-state index >= 15 is 0 Å². The van der Waals surface area contributed by atoms with Crippen molar-refractivity contribution in [1.29, 1.82) is 0 Å². The van der Waals surface area contributed by atoms with Gasteiger partial charge in [0.25, 0.3) is 0 Å². The third kappa shape index (κ3) is 2.77. The van der Waals surface area contributed by atoms with E-state index in [1.807, 2.05) is 6.92 Å². The first-order valence-corrected chi connectivity index (χ1v) is 6.09. The Kier molecular flexibility index (Phi) is 3.78. The predicted octanol–water partition coefficient (Wildman–Crippen LogP) is 2.30. The summed E-state index contributed by atoms with van der Waals surface area (Å²) in [7, 11) is 0. The molecule has 0 amide bonds. The highest BCUT2D eigenvalue weighted by Crippen LogP contribution is 2.32. The molecule has 94 valence electrons. The normalized spacial score (nSPS) is 10.3. The van der Waals surface area contributed by atoms with Gasteiger partial charge in [-0.05, 0) is 24.8 Å². The molecular formula is C10H11N5O2S. The number of nitro groups is 1. The molecule has 0 aliphatic carbocycles. The smallest absolute Gasteiger partial charge is 0.301 e. The van der Waals surface area contributed by atoms with Gasteiger partial charge in [0.05, 0.1) is 4.92 Å². The Labute approximate surface area is 107 Å². The number of rotatable bonds is 5. The molecule has 2 aromatic rings. The molecule has 0 saturated heterocycles. The lowest BCUT2D eigenvalue weighted by atomic mass is 10.4. The molecule has 2 N–H and O–H groups in total. The van der Waals surface area contributed by atoms with E-state index in [0.29, 0.717) is 22.5 Å². The van der Waals surface area contributed by atoms with Crippen LogP contribution in [0.5, 0.6) is 0 Å². The topological polar surface area (TPSA) is 96.7 Å². The number of pyridine rings is 1. The second kappa shape index (κ2) is 5.50. The zero-order valence-corrected chi connectivity index (χ0v) is 10.4. The van der Waals surface area contributed by atoms with Crippen LogP contribution < -0.4 is 5.32 Å². The van der Waals surface area contributed by atoms with E-state index in [-0.39, 0.29) is 5.69 Å². The van der Waals surface area contributed by atoms with Crippen LogP contribution in [0.4, 0.5) is 11.5 Å². The summed E-state index contributed by atoms with van der Waals surface area (Å²) in [5, 5.41) is 14.8. The third-order valence-electron chi connectivity index (χ3n) is 2.06. The number of nitrogens with zero attached hydrogens (tertiary/aromatic N) is 3. The average Bonchev–Trinajstić information content (AvgIpc) is 2.82. The average molecular weight is 265 g/mol. The van der Waals surface area contributed by atoms with E-state index < -0.39 is 4.92 Å². The summed E-state index contributed by atoms with van der Waals surface area (Å²) in [5.41, 5.74) is -0.0296. The summed E-state index contributed by atoms with van der Waals surface area (Å²) in [6.07, 6.45) is 3.24. The molecule has 8 heteroatoms. The van der Waals surface area contributed by atoms with Crippen molar-refractivity contribution >= 4 is 23.3 Å². The van der Waals surface area contributed by atoms with Gasteiger partial charge in [0.1, 0.15) is 5.82 Å². The van der Waals surface area contributed by atoms with Crippen molar-refractivity contribution in [2.75, 3.05) is 11.9 Å². The zero-order chi connectivity index (χ0) is 13.0. The largest absolute Gasteiger partial charge is 0.370 e. The predicted molar refractivity (Wildman–Crippen MR) is 67.8 cm³/mol. The maximum atomic E-state index is 10.9. The van der Waals surface area contributed by atoms with Gasteiger partial charge in [0.15, 0.2) is 10.2 Å². The number of H-pyrrole nitrogens is 1. The van der Waals surface area contributed by atoms with Gasteiger partial charge in [0, 0.05) is 25.0 Å². The lowest BCUT2D eigenvalue weighted by Gasteiger charge is -2.04. The molecule has 0 aliphatic rings. The molecule has 2 aromatic heterocycles. The van der Waals surface area contributed by atoms with Gasteiger partial charge in [-0.25, -0.2) is 9.97 Å². The number of hydrogen-bond acceptors (Lipinski definition) is 6. The Hall–Kier alpha value is -2.09. The highest BCUT2D eigenvalue weighted by atomic mass is 32.2. The van der Waals surface area contributed by atoms with Gasteiger partial charge in [-0.3, -0.25) is 10.1 Å². The van der Waals surface area contributed by atoms with Crippen LogP contribution in [0.25, 0.3) is 0 Å². The van der Waals surface area contributed by atoms with Crippen molar-refractivity contribution in [3.05, 3.63) is 34.6 Å². The summed E-state index contributed by atoms with van der Waals surface area (Å²) in [6, 6.07) is 3.03. The minimum atomic E-state index is -0.450. The number of hydrogen-bond donors (Lipinski definition) is 2. The molecule has 7 nitrogen and oxygen atoms in total. The van der Waals surface area contributed by atoms with E-state index in [9.17, 15) is 10.1 Å². The highest BCUT2D eigenvalue weighted by molar-refractivity contribution is 7.99. The molecule has 0 bridgehead atoms. The SMILES string of the molecule is CCNc1ccc([N+](=O)[O-])c(Sc2ncc[nH]2)n1. The summed E-state index contributed by atoms with van der Waals surface area (Å²) in [4.78, 5) is 21.6. The molecule has 0 saturated carbocycles. The quantitative estimate of drug-likeness (QED) is 0.636. The summed E-state index contributed by atoms with van der Waals surface area (Å²) in [6.45, 7) is 2.64. The fourth-order valence-corrected chi connectivity index (χ4v) is 2.14. The fourth-order valence-electron chi connectivity index (χ4n) is 1.32. The van der Waals surface area contributed by atoms with Crippen LogP contribution >= 0.6 is 11.8 Å². The molecule has 0 spiro atoms. The molecule has 18 heavy (non-hydrogen) atoms. The summed E-state index contributed by atoms with van der Waals surface area (Å²) in [5.74, 6) is 0.608. The van der Waals surface area contributed by atoms with Crippen molar-refractivity contribution in [3.63, 3.8) is 0 Å². The van der Waals surface area contributed by atoms with Crippen LogP contribution in [-0.2, 0) is 0 Å². The number of aromatic amines is 1. The Morgan fingerprint density at radius 1 is 1.56 bits per heavy atom. The fraction of sp³-hybridized carbons (Fsp3) is 0.200. The molecule has 0 aliphatic heterocycles. The van der Waals surface area contributed by atoms with E-state index in [1.54, 1.807) is 18.5 Å². The van der Waals surface area contributed by atoms with Crippen LogP contribution in [0.15, 0.2) is 34.7 Å². The van der Waals surface area contributed by atoms with Crippen LogP contribution in [0.2, 0.25) is 0 Å². The molecule has 2 heterocycles. The Morgan fingerprint density at radius 3 is 3.00 bits per heavy atom. The maximum Gasteiger partial charge on any atom is 0.301 e. The molecule has 0 fully saturated rings. The molecule has 0 unspecified atom stereocenters. The minimum absolute atomic E-state index is 0.0296. The van der Waals surface area contributed by atoms with Gasteiger partial charge >= 0.3 is 5.69 Å². The van der Waals surface area contributed by atoms with E-state index in [1.165, 1.54) is 6.07 Å². The van der Waals surface area contributed by atoms with Gasteiger partial charge in [-0.1, -0.05) is 0 Å². The first-order valence-electron chi connectivity index (χ1n) is 5.27. The van der Waals surface area contributed by atoms with E-state index in [4.69, 9.17) is 0 Å². The van der Waals surface area contributed by atoms with Crippen LogP contribution in [0.1, 0.15) is 6.92 Å². The first-order chi connectivity index (χ1) is 8.70. The summed E-state index contributed by atoms with van der Waals surface area (Å²) < 4.78 is 0. The van der Waals surface area contributed by atoms with Crippen LogP contribution in [-0.4, -0.2) is 26.4 Å². The zero-order valence-electron chi connectivity index (χ0n) is 9.58. The van der Waals surface area contributed by atoms with Gasteiger partial charge < -0.3 is 10.3 Å². The second-order valence-electron chi connectivity index (χ2n) is 3.30. The lowest BCUT2D eigenvalue weighted by Crippen LogP contribution is -2.01. The minimum Gasteiger partial charge on any atom is -0.370 e. The van der Waals surface area contributed by atoms with E-state index in [2.05, 4.69) is 20.3 Å². The van der Waals surface area contributed by atoms with Crippen LogP contribution in [0.3, 0.4) is 0 Å². The number of nitrogens with one attached hydrogen (secondary N) is 2. The number of anilines is 1. The maximum absolute atomic E-state index is 10.9. The van der Waals surface area contributed by atoms with E-state index in [0.717, 1.165) is 11.8 Å². The van der Waals surface area contributed by atoms with Crippen molar-refractivity contribution in [2.45, 2.75) is 17.1 Å². The molecule has 0 radical (unpaired) electrons. The Bertz CT molecular complexity index is 543. The third-order valence-corrected chi connectivity index (χ3v) is 2.97. The van der Waals surface area contributed by atoms with Gasteiger partial charge in [-0.15, -0.1) is 0 Å². The molecule has 0 atom stereocenters. The van der Waals surface area contributed by atoms with Gasteiger partial charge in [0.2, 0.25) is 0 Å². The first kappa shape index (κ1) is 12.4. The molecular weight excluding hydrogens is 254 g/mol. The monoisotopic (exact) mass is 265 g/mol. The van der Waals surface area contributed by atoms with Crippen LogP contribution in [0, 0.1) is 10.1 Å². The Balaban J connectivity index is 2.34. The van der Waals surface area contributed by atoms with Crippen molar-refractivity contribution < 1.29 is 4.92 Å². The molecule has 2 rings (SSSR count). The van der Waals surface area contributed by atoms with Gasteiger partial charge in [-0.2, -0.15) is 0 Å². The second-order valence-corrected chi connectivity index (χ2v) is 4.28. The molecule has 0 aromatic carbocycles. The van der Waals surface area contributed by atoms with Crippen molar-refractivity contribution in [2.24, 2.45) is 0 Å². The van der Waals surface area contributed by atoms with Crippen molar-refractivity contribution in [1.82, 2.24) is 15.0 Å². The Morgan fingerprint density at radius 2 is 2.39 bits per heavy atom. The lowest BCUT2D eigenvalue weighted by molar-refractivity contribution is -0.388. The summed E-state index contributed by atoms with van der Waals surface area (Å²) >= 11 is 1.13. The standard InChI is InChI=1S/C10H11N5O2S/c1-2-11-8-4-3-7(15(16)17)9(14-8)18-10-12-5-6-13-10/h3-6H,2H2,1H3,(H,11,14)(H,12,13). The van der Waals surface area contributed by atoms with Crippen molar-refractivity contribution in [3.8, 4) is 0 Å². The number of aromatic nitrogens is 3.